The molecule has 0 radical (unpaired) electrons. The molecule has 2 rings (SSSR count). The minimum atomic E-state index is 0.295. The number of nitriles is 1. The minimum absolute atomic E-state index is 0.295. The van der Waals surface area contributed by atoms with Crippen molar-refractivity contribution in [2.75, 3.05) is 0 Å². The predicted octanol–water partition coefficient (Wildman–Crippen LogP) is 2.65. The molecule has 3 nitrogen and oxygen atoms in total. The molecule has 1 aromatic rings. The highest BCUT2D eigenvalue weighted by Gasteiger charge is 2.19. The summed E-state index contributed by atoms with van der Waals surface area (Å²) in [5, 5.41) is 8.82. The third-order valence-corrected chi connectivity index (χ3v) is 3.61. The lowest BCUT2D eigenvalue weighted by atomic mass is 9.93. The van der Waals surface area contributed by atoms with Crippen LogP contribution < -0.4 is 5.73 Å². The van der Waals surface area contributed by atoms with Crippen molar-refractivity contribution in [2.24, 2.45) is 5.73 Å². The van der Waals surface area contributed by atoms with Gasteiger partial charge in [0, 0.05) is 6.04 Å². The molecule has 0 aliphatic heterocycles. The van der Waals surface area contributed by atoms with E-state index in [-0.39, 0.29) is 0 Å². The van der Waals surface area contributed by atoms with Crippen molar-refractivity contribution < 1.29 is 4.74 Å². The fourth-order valence-electron chi connectivity index (χ4n) is 2.47. The summed E-state index contributed by atoms with van der Waals surface area (Å²) in [5.74, 6) is 0. The first-order valence-electron chi connectivity index (χ1n) is 6.56. The van der Waals surface area contributed by atoms with Gasteiger partial charge in [-0.2, -0.15) is 5.26 Å². The molecule has 18 heavy (non-hydrogen) atoms. The summed E-state index contributed by atoms with van der Waals surface area (Å²) in [4.78, 5) is 0. The third kappa shape index (κ3) is 3.32. The summed E-state index contributed by atoms with van der Waals surface area (Å²) in [6, 6.07) is 8.18. The normalized spacial score (nSPS) is 23.6. The highest BCUT2D eigenvalue weighted by Crippen LogP contribution is 2.21. The van der Waals surface area contributed by atoms with Crippen LogP contribution >= 0.6 is 0 Å². The molecule has 0 aromatic heterocycles. The van der Waals surface area contributed by atoms with Crippen molar-refractivity contribution in [1.29, 1.82) is 5.26 Å². The summed E-state index contributed by atoms with van der Waals surface area (Å²) < 4.78 is 5.93. The van der Waals surface area contributed by atoms with Crippen LogP contribution in [-0.4, -0.2) is 12.1 Å². The topological polar surface area (TPSA) is 59.0 Å². The van der Waals surface area contributed by atoms with Crippen LogP contribution in [0.15, 0.2) is 18.2 Å². The number of nitrogens with zero attached hydrogens (tertiary/aromatic N) is 1. The van der Waals surface area contributed by atoms with Crippen LogP contribution in [0.25, 0.3) is 0 Å². The van der Waals surface area contributed by atoms with Gasteiger partial charge in [0.15, 0.2) is 0 Å². The molecule has 96 valence electrons. The number of hydrogen-bond donors (Lipinski definition) is 1. The van der Waals surface area contributed by atoms with E-state index in [0.29, 0.717) is 24.3 Å². The van der Waals surface area contributed by atoms with Gasteiger partial charge in [-0.15, -0.1) is 0 Å². The lowest BCUT2D eigenvalue weighted by molar-refractivity contribution is 0.0120. The second-order valence-electron chi connectivity index (χ2n) is 5.11. The van der Waals surface area contributed by atoms with Crippen molar-refractivity contribution in [2.45, 2.75) is 51.4 Å². The largest absolute Gasteiger partial charge is 0.373 e. The Morgan fingerprint density at radius 3 is 2.94 bits per heavy atom. The first-order chi connectivity index (χ1) is 8.69. The van der Waals surface area contributed by atoms with Crippen molar-refractivity contribution in [3.63, 3.8) is 0 Å². The molecule has 0 spiro atoms. The summed E-state index contributed by atoms with van der Waals surface area (Å²) in [6.45, 7) is 2.64. The molecule has 1 saturated carbocycles. The Morgan fingerprint density at radius 1 is 1.44 bits per heavy atom. The lowest BCUT2D eigenvalue weighted by Gasteiger charge is -2.26. The molecule has 0 amide bonds. The minimum Gasteiger partial charge on any atom is -0.373 e. The smallest absolute Gasteiger partial charge is 0.0991 e. The molecular weight excluding hydrogens is 224 g/mol. The van der Waals surface area contributed by atoms with E-state index in [0.717, 1.165) is 36.8 Å². The second-order valence-corrected chi connectivity index (χ2v) is 5.11. The molecule has 0 heterocycles. The van der Waals surface area contributed by atoms with E-state index in [2.05, 4.69) is 6.07 Å². The van der Waals surface area contributed by atoms with Crippen LogP contribution in [0.3, 0.4) is 0 Å². The zero-order valence-corrected chi connectivity index (χ0v) is 10.9. The van der Waals surface area contributed by atoms with Crippen molar-refractivity contribution in [3.05, 3.63) is 34.9 Å². The summed E-state index contributed by atoms with van der Waals surface area (Å²) in [5.41, 5.74) is 8.93. The molecule has 1 aliphatic carbocycles. The summed E-state index contributed by atoms with van der Waals surface area (Å²) in [6.07, 6.45) is 4.66. The molecule has 2 N–H and O–H groups in total. The van der Waals surface area contributed by atoms with Crippen LogP contribution in [-0.2, 0) is 11.3 Å². The summed E-state index contributed by atoms with van der Waals surface area (Å²) in [7, 11) is 0. The van der Waals surface area contributed by atoms with Crippen LogP contribution in [0.4, 0.5) is 0 Å². The van der Waals surface area contributed by atoms with Gasteiger partial charge in [0.25, 0.3) is 0 Å². The Labute approximate surface area is 109 Å². The van der Waals surface area contributed by atoms with E-state index >= 15 is 0 Å². The molecule has 1 fully saturated rings. The van der Waals surface area contributed by atoms with Gasteiger partial charge in [-0.05, 0) is 55.9 Å². The Hall–Kier alpha value is -1.37. The molecule has 2 atom stereocenters. The number of aryl methyl sites for hydroxylation is 1. The molecule has 0 bridgehead atoms. The van der Waals surface area contributed by atoms with Gasteiger partial charge in [-0.3, -0.25) is 0 Å². The van der Waals surface area contributed by atoms with E-state index in [9.17, 15) is 0 Å². The maximum Gasteiger partial charge on any atom is 0.0991 e. The highest BCUT2D eigenvalue weighted by molar-refractivity contribution is 5.37. The van der Waals surface area contributed by atoms with Gasteiger partial charge in [0.05, 0.1) is 24.3 Å². The van der Waals surface area contributed by atoms with E-state index in [1.54, 1.807) is 0 Å². The summed E-state index contributed by atoms with van der Waals surface area (Å²) >= 11 is 0. The molecule has 1 aromatic carbocycles. The maximum atomic E-state index is 8.82. The van der Waals surface area contributed by atoms with Crippen molar-refractivity contribution in [3.8, 4) is 6.07 Å². The van der Waals surface area contributed by atoms with Gasteiger partial charge in [-0.1, -0.05) is 6.07 Å². The van der Waals surface area contributed by atoms with Crippen molar-refractivity contribution >= 4 is 0 Å². The van der Waals surface area contributed by atoms with Crippen LogP contribution in [0.2, 0.25) is 0 Å². The van der Waals surface area contributed by atoms with Gasteiger partial charge >= 0.3 is 0 Å². The molecular formula is C15H20N2O. The van der Waals surface area contributed by atoms with Crippen LogP contribution in [0.1, 0.15) is 42.4 Å². The fraction of sp³-hybridized carbons (Fsp3) is 0.533. The SMILES string of the molecule is Cc1cc(C#N)ccc1COC1CCCC(N)C1. The first-order valence-corrected chi connectivity index (χ1v) is 6.56. The predicted molar refractivity (Wildman–Crippen MR) is 70.9 cm³/mol. The molecule has 2 unspecified atom stereocenters. The fourth-order valence-corrected chi connectivity index (χ4v) is 2.47. The standard InChI is InChI=1S/C15H20N2O/c1-11-7-12(9-16)5-6-13(11)10-18-15-4-2-3-14(17)8-15/h5-7,14-15H,2-4,8,10,17H2,1H3. The average Bonchev–Trinajstić information content (AvgIpc) is 2.37. The zero-order valence-electron chi connectivity index (χ0n) is 10.9. The van der Waals surface area contributed by atoms with E-state index in [1.807, 2.05) is 25.1 Å². The molecule has 3 heteroatoms. The maximum absolute atomic E-state index is 8.82. The number of benzene rings is 1. The van der Waals surface area contributed by atoms with E-state index in [4.69, 9.17) is 15.7 Å². The quantitative estimate of drug-likeness (QED) is 0.889. The van der Waals surface area contributed by atoms with Gasteiger partial charge < -0.3 is 10.5 Å². The monoisotopic (exact) mass is 244 g/mol. The Kier molecular flexibility index (Phi) is 4.35. The van der Waals surface area contributed by atoms with Gasteiger partial charge in [0.1, 0.15) is 0 Å². The molecule has 1 aliphatic rings. The van der Waals surface area contributed by atoms with E-state index in [1.165, 1.54) is 0 Å². The number of nitrogens with two attached hydrogens (primary N) is 1. The van der Waals surface area contributed by atoms with Gasteiger partial charge in [-0.25, -0.2) is 0 Å². The van der Waals surface area contributed by atoms with Crippen LogP contribution in [0, 0.1) is 18.3 Å². The van der Waals surface area contributed by atoms with E-state index < -0.39 is 0 Å². The average molecular weight is 244 g/mol. The van der Waals surface area contributed by atoms with Crippen LogP contribution in [0.5, 0.6) is 0 Å². The Bertz CT molecular complexity index is 450. The Balaban J connectivity index is 1.92. The third-order valence-electron chi connectivity index (χ3n) is 3.61. The van der Waals surface area contributed by atoms with Gasteiger partial charge in [0.2, 0.25) is 0 Å². The zero-order chi connectivity index (χ0) is 13.0. The Morgan fingerprint density at radius 2 is 2.28 bits per heavy atom. The number of hydrogen-bond acceptors (Lipinski definition) is 3. The number of rotatable bonds is 3. The first kappa shape index (κ1) is 13.1. The highest BCUT2D eigenvalue weighted by atomic mass is 16.5. The second kappa shape index (κ2) is 5.99. The van der Waals surface area contributed by atoms with Crippen molar-refractivity contribution in [1.82, 2.24) is 0 Å². The molecule has 0 saturated heterocycles. The lowest BCUT2D eigenvalue weighted by Crippen LogP contribution is -2.32. The number of ether oxygens (including phenoxy) is 1.